The Bertz CT molecular complexity index is 127. The van der Waals surface area contributed by atoms with Gasteiger partial charge in [-0.3, -0.25) is 4.79 Å². The van der Waals surface area contributed by atoms with Crippen molar-refractivity contribution in [3.05, 3.63) is 24.7 Å². The second-order valence-electron chi connectivity index (χ2n) is 1.25. The van der Waals surface area contributed by atoms with Crippen molar-refractivity contribution in [1.82, 2.24) is 0 Å². The van der Waals surface area contributed by atoms with Crippen LogP contribution in [0.1, 0.15) is 6.92 Å². The van der Waals surface area contributed by atoms with Crippen molar-refractivity contribution in [2.24, 2.45) is 0 Å². The monoisotopic (exact) mass is 233 g/mol. The van der Waals surface area contributed by atoms with E-state index in [1.54, 1.807) is 18.4 Å². The van der Waals surface area contributed by atoms with Crippen LogP contribution in [0.2, 0.25) is 0 Å². The molecule has 0 unspecified atom stereocenters. The van der Waals surface area contributed by atoms with Gasteiger partial charge in [-0.05, 0) is 6.26 Å². The largest absolute Gasteiger partial charge is 0.599 e. The molecule has 0 amide bonds. The van der Waals surface area contributed by atoms with Crippen LogP contribution in [-0.2, 0) is 25.2 Å². The molecular weight excluding hydrogens is 226 g/mol. The van der Waals surface area contributed by atoms with Crippen molar-refractivity contribution in [1.29, 1.82) is 0 Å². The predicted molar refractivity (Wildman–Crippen MR) is 30.9 cm³/mol. The Morgan fingerprint density at radius 2 is 2.20 bits per heavy atom. The van der Waals surface area contributed by atoms with E-state index in [0.29, 0.717) is 0 Å². The molecule has 4 heteroatoms. The number of carboxylic acid groups (broad SMARTS) is 1. The first-order valence-corrected chi connectivity index (χ1v) is 2.32. The predicted octanol–water partition coefficient (Wildman–Crippen LogP) is 1.17. The minimum absolute atomic E-state index is 0. The summed E-state index contributed by atoms with van der Waals surface area (Å²) in [5.74, 6) is -0.833. The van der Waals surface area contributed by atoms with Gasteiger partial charge in [0.25, 0.3) is 5.97 Å². The first-order valence-electron chi connectivity index (χ1n) is 2.32. The summed E-state index contributed by atoms with van der Waals surface area (Å²) in [6.45, 7) is 1.08. The molecule has 1 aromatic rings. The zero-order valence-electron chi connectivity index (χ0n) is 5.31. The molecule has 0 radical (unpaired) electrons. The molecular formula is C6H7O3Pd-. The van der Waals surface area contributed by atoms with E-state index in [1.807, 2.05) is 0 Å². The van der Waals surface area contributed by atoms with Gasteiger partial charge in [-0.15, -0.1) is 6.07 Å². The first kappa shape index (κ1) is 12.1. The maximum absolute atomic E-state index is 9.00. The van der Waals surface area contributed by atoms with Crippen molar-refractivity contribution in [3.8, 4) is 0 Å². The molecule has 3 nitrogen and oxygen atoms in total. The van der Waals surface area contributed by atoms with Crippen LogP contribution in [0.15, 0.2) is 22.8 Å². The fraction of sp³-hybridized carbons (Fsp3) is 0.167. The Morgan fingerprint density at radius 3 is 2.30 bits per heavy atom. The van der Waals surface area contributed by atoms with Gasteiger partial charge in [-0.25, -0.2) is 0 Å². The van der Waals surface area contributed by atoms with Gasteiger partial charge >= 0.3 is 0 Å². The molecule has 0 bridgehead atoms. The van der Waals surface area contributed by atoms with E-state index in [0.717, 1.165) is 6.92 Å². The van der Waals surface area contributed by atoms with Crippen LogP contribution in [0.5, 0.6) is 0 Å². The number of furan rings is 1. The molecule has 0 saturated carbocycles. The van der Waals surface area contributed by atoms with Crippen LogP contribution in [-0.4, -0.2) is 11.1 Å². The van der Waals surface area contributed by atoms with E-state index in [-0.39, 0.29) is 20.4 Å². The molecule has 0 fully saturated rings. The topological polar surface area (TPSA) is 50.4 Å². The quantitative estimate of drug-likeness (QED) is 0.541. The van der Waals surface area contributed by atoms with Crippen LogP contribution in [0.25, 0.3) is 0 Å². The van der Waals surface area contributed by atoms with Gasteiger partial charge in [0.1, 0.15) is 0 Å². The molecule has 0 atom stereocenters. The summed E-state index contributed by atoms with van der Waals surface area (Å²) >= 11 is 0. The summed E-state index contributed by atoms with van der Waals surface area (Å²) in [6.07, 6.45) is 4.06. The Balaban J connectivity index is 0. The third-order valence-corrected chi connectivity index (χ3v) is 0.379. The SMILES string of the molecule is CC(=O)O.[Pd].[c-]1ccco1. The second kappa shape index (κ2) is 8.41. The van der Waals surface area contributed by atoms with Crippen molar-refractivity contribution in [3.63, 3.8) is 0 Å². The number of carbonyl (C=O) groups is 1. The minimum Gasteiger partial charge on any atom is -0.599 e. The van der Waals surface area contributed by atoms with Gasteiger partial charge in [0.2, 0.25) is 0 Å². The molecule has 1 heterocycles. The summed E-state index contributed by atoms with van der Waals surface area (Å²) < 4.78 is 4.46. The molecule has 0 saturated heterocycles. The van der Waals surface area contributed by atoms with Gasteiger partial charge in [0.05, 0.1) is 0 Å². The summed E-state index contributed by atoms with van der Waals surface area (Å²) in [5.41, 5.74) is 0. The average molecular weight is 234 g/mol. The van der Waals surface area contributed by atoms with E-state index < -0.39 is 5.97 Å². The number of hydrogen-bond donors (Lipinski definition) is 1. The zero-order chi connectivity index (χ0) is 7.11. The molecule has 10 heavy (non-hydrogen) atoms. The fourth-order valence-electron chi connectivity index (χ4n) is 0.196. The number of hydrogen-bond acceptors (Lipinski definition) is 2. The van der Waals surface area contributed by atoms with E-state index in [4.69, 9.17) is 9.90 Å². The molecule has 60 valence electrons. The van der Waals surface area contributed by atoms with Crippen molar-refractivity contribution in [2.45, 2.75) is 6.92 Å². The summed E-state index contributed by atoms with van der Waals surface area (Å²) in [5, 5.41) is 7.42. The van der Waals surface area contributed by atoms with Gasteiger partial charge < -0.3 is 9.52 Å². The fourth-order valence-corrected chi connectivity index (χ4v) is 0.196. The average Bonchev–Trinajstić information content (AvgIpc) is 2.11. The normalized spacial score (nSPS) is 6.50. The second-order valence-corrected chi connectivity index (χ2v) is 1.25. The maximum Gasteiger partial charge on any atom is 0.300 e. The van der Waals surface area contributed by atoms with Gasteiger partial charge in [-0.1, -0.05) is 6.26 Å². The van der Waals surface area contributed by atoms with Crippen LogP contribution in [0.3, 0.4) is 0 Å². The van der Waals surface area contributed by atoms with E-state index in [2.05, 4.69) is 10.7 Å². The maximum atomic E-state index is 9.00. The van der Waals surface area contributed by atoms with E-state index >= 15 is 0 Å². The Hall–Kier alpha value is -0.588. The summed E-state index contributed by atoms with van der Waals surface area (Å²) in [7, 11) is 0. The molecule has 0 aromatic carbocycles. The third kappa shape index (κ3) is 15.7. The number of rotatable bonds is 0. The number of aliphatic carboxylic acids is 1. The van der Waals surface area contributed by atoms with Gasteiger partial charge in [-0.2, -0.15) is 6.07 Å². The standard InChI is InChI=1S/C4H3O.C2H4O2.Pd/c1-2-4-5-3-1;1-2(3)4;/h1-3H;1H3,(H,3,4);/q-1;;. The van der Waals surface area contributed by atoms with Gasteiger partial charge in [0, 0.05) is 27.3 Å². The number of carboxylic acids is 1. The van der Waals surface area contributed by atoms with Crippen molar-refractivity contribution in [2.75, 3.05) is 0 Å². The summed E-state index contributed by atoms with van der Waals surface area (Å²) in [4.78, 5) is 9.00. The molecule has 0 aliphatic heterocycles. The molecule has 0 aliphatic rings. The third-order valence-electron chi connectivity index (χ3n) is 0.379. The van der Waals surface area contributed by atoms with Crippen molar-refractivity contribution >= 4 is 5.97 Å². The Morgan fingerprint density at radius 1 is 1.70 bits per heavy atom. The molecule has 1 N–H and O–H groups in total. The Labute approximate surface area is 72.7 Å². The molecule has 1 aromatic heterocycles. The first-order chi connectivity index (χ1) is 4.23. The van der Waals surface area contributed by atoms with Crippen LogP contribution < -0.4 is 0 Å². The van der Waals surface area contributed by atoms with Crippen LogP contribution in [0.4, 0.5) is 0 Å². The van der Waals surface area contributed by atoms with Crippen molar-refractivity contribution < 1.29 is 34.7 Å². The van der Waals surface area contributed by atoms with E-state index in [9.17, 15) is 0 Å². The molecule has 0 spiro atoms. The zero-order valence-corrected chi connectivity index (χ0v) is 6.87. The molecule has 0 aliphatic carbocycles. The summed E-state index contributed by atoms with van der Waals surface area (Å²) in [6, 6.07) is 3.49. The van der Waals surface area contributed by atoms with E-state index in [1.165, 1.54) is 0 Å². The Kier molecular flexibility index (Phi) is 10.2. The van der Waals surface area contributed by atoms with Gasteiger partial charge in [0.15, 0.2) is 0 Å². The molecule has 1 rings (SSSR count). The minimum atomic E-state index is -0.833. The van der Waals surface area contributed by atoms with Crippen LogP contribution >= 0.6 is 0 Å². The smallest absolute Gasteiger partial charge is 0.300 e. The van der Waals surface area contributed by atoms with Crippen LogP contribution in [0, 0.1) is 6.26 Å².